The SMILES string of the molecule is O=c1cc(C(F)(F)F)cc(C2CCCCC2)n1O. The van der Waals surface area contributed by atoms with E-state index in [0.717, 1.165) is 25.3 Å². The lowest BCUT2D eigenvalue weighted by Crippen LogP contribution is -2.26. The van der Waals surface area contributed by atoms with Crippen LogP contribution >= 0.6 is 0 Å². The molecule has 3 nitrogen and oxygen atoms in total. The zero-order valence-corrected chi connectivity index (χ0v) is 9.70. The van der Waals surface area contributed by atoms with Crippen molar-refractivity contribution in [2.45, 2.75) is 44.2 Å². The van der Waals surface area contributed by atoms with Gasteiger partial charge in [0.25, 0.3) is 5.56 Å². The molecule has 0 saturated heterocycles. The first kappa shape index (κ1) is 13.0. The minimum absolute atomic E-state index is 0.0783. The van der Waals surface area contributed by atoms with E-state index in [2.05, 4.69) is 0 Å². The molecule has 6 heteroatoms. The molecule has 100 valence electrons. The fourth-order valence-corrected chi connectivity index (χ4v) is 2.44. The van der Waals surface area contributed by atoms with Crippen LogP contribution in [0.25, 0.3) is 0 Å². The highest BCUT2D eigenvalue weighted by Gasteiger charge is 2.33. The molecule has 0 aromatic carbocycles. The molecule has 1 heterocycles. The summed E-state index contributed by atoms with van der Waals surface area (Å²) < 4.78 is 38.2. The molecule has 0 bridgehead atoms. The molecule has 0 aliphatic heterocycles. The smallest absolute Gasteiger partial charge is 0.416 e. The third-order valence-electron chi connectivity index (χ3n) is 3.39. The Balaban J connectivity index is 2.45. The second-order valence-electron chi connectivity index (χ2n) is 4.65. The first-order valence-corrected chi connectivity index (χ1v) is 5.93. The van der Waals surface area contributed by atoms with Crippen molar-refractivity contribution in [2.75, 3.05) is 0 Å². The lowest BCUT2D eigenvalue weighted by molar-refractivity contribution is -0.138. The first-order valence-electron chi connectivity index (χ1n) is 5.93. The molecule has 1 saturated carbocycles. The Morgan fingerprint density at radius 1 is 1.17 bits per heavy atom. The van der Waals surface area contributed by atoms with Crippen molar-refractivity contribution >= 4 is 0 Å². The predicted octanol–water partition coefficient (Wildman–Crippen LogP) is 3.15. The van der Waals surface area contributed by atoms with Gasteiger partial charge in [0.05, 0.1) is 11.3 Å². The molecule has 1 aromatic heterocycles. The van der Waals surface area contributed by atoms with Crippen molar-refractivity contribution in [3.05, 3.63) is 33.7 Å². The highest BCUT2D eigenvalue weighted by Crippen LogP contribution is 2.35. The van der Waals surface area contributed by atoms with Crippen molar-refractivity contribution in [3.8, 4) is 0 Å². The van der Waals surface area contributed by atoms with Gasteiger partial charge >= 0.3 is 6.18 Å². The summed E-state index contributed by atoms with van der Waals surface area (Å²) in [6, 6.07) is 1.31. The van der Waals surface area contributed by atoms with Gasteiger partial charge in [-0.25, -0.2) is 0 Å². The maximum Gasteiger partial charge on any atom is 0.416 e. The van der Waals surface area contributed by atoms with Crippen LogP contribution in [0.3, 0.4) is 0 Å². The summed E-state index contributed by atoms with van der Waals surface area (Å²) in [6.07, 6.45) is -0.269. The number of hydrogen-bond acceptors (Lipinski definition) is 2. The molecule has 1 N–H and O–H groups in total. The third-order valence-corrected chi connectivity index (χ3v) is 3.39. The molecular formula is C12H14F3NO2. The first-order chi connectivity index (χ1) is 8.39. The average molecular weight is 261 g/mol. The van der Waals surface area contributed by atoms with E-state index in [1.807, 2.05) is 0 Å². The van der Waals surface area contributed by atoms with Crippen LogP contribution in [-0.4, -0.2) is 9.94 Å². The number of alkyl halides is 3. The van der Waals surface area contributed by atoms with Gasteiger partial charge in [0.2, 0.25) is 0 Å². The molecule has 1 aromatic rings. The Morgan fingerprint density at radius 2 is 1.78 bits per heavy atom. The average Bonchev–Trinajstić information content (AvgIpc) is 2.32. The maximum atomic E-state index is 12.6. The zero-order valence-electron chi connectivity index (χ0n) is 9.70. The van der Waals surface area contributed by atoms with E-state index >= 15 is 0 Å². The standard InChI is InChI=1S/C12H14F3NO2/c13-12(14,15)9-6-10(16(18)11(17)7-9)8-4-2-1-3-5-8/h6-8,18H,1-5H2. The van der Waals surface area contributed by atoms with Crippen molar-refractivity contribution in [3.63, 3.8) is 0 Å². The minimum Gasteiger partial charge on any atom is -0.425 e. The van der Waals surface area contributed by atoms with Crippen molar-refractivity contribution in [1.82, 2.24) is 4.73 Å². The Bertz CT molecular complexity index is 487. The second kappa shape index (κ2) is 4.66. The van der Waals surface area contributed by atoms with E-state index in [0.29, 0.717) is 23.6 Å². The number of pyridine rings is 1. The van der Waals surface area contributed by atoms with Crippen LogP contribution in [0.5, 0.6) is 0 Å². The number of aromatic nitrogens is 1. The minimum atomic E-state index is -4.56. The number of halogens is 3. The number of hydrogen-bond donors (Lipinski definition) is 1. The molecule has 0 radical (unpaired) electrons. The highest BCUT2D eigenvalue weighted by molar-refractivity contribution is 5.23. The third kappa shape index (κ3) is 2.52. The van der Waals surface area contributed by atoms with Crippen molar-refractivity contribution in [2.24, 2.45) is 0 Å². The Morgan fingerprint density at radius 3 is 2.33 bits per heavy atom. The monoisotopic (exact) mass is 261 g/mol. The van der Waals surface area contributed by atoms with Crippen LogP contribution in [0.4, 0.5) is 13.2 Å². The van der Waals surface area contributed by atoms with Crippen LogP contribution < -0.4 is 5.56 Å². The largest absolute Gasteiger partial charge is 0.425 e. The lowest BCUT2D eigenvalue weighted by Gasteiger charge is -2.23. The van der Waals surface area contributed by atoms with E-state index in [4.69, 9.17) is 0 Å². The second-order valence-corrected chi connectivity index (χ2v) is 4.65. The summed E-state index contributed by atoms with van der Waals surface area (Å²) in [5, 5.41) is 9.58. The van der Waals surface area contributed by atoms with Gasteiger partial charge in [-0.2, -0.15) is 17.9 Å². The molecule has 0 amide bonds. The fraction of sp³-hybridized carbons (Fsp3) is 0.583. The summed E-state index contributed by atoms with van der Waals surface area (Å²) in [5.41, 5.74) is -1.93. The zero-order chi connectivity index (χ0) is 13.3. The lowest BCUT2D eigenvalue weighted by atomic mass is 9.86. The van der Waals surface area contributed by atoms with Gasteiger partial charge in [-0.3, -0.25) is 4.79 Å². The molecule has 0 unspecified atom stereocenters. The van der Waals surface area contributed by atoms with Gasteiger partial charge in [0.15, 0.2) is 0 Å². The summed E-state index contributed by atoms with van der Waals surface area (Å²) in [5.74, 6) is -0.168. The predicted molar refractivity (Wildman–Crippen MR) is 58.7 cm³/mol. The quantitative estimate of drug-likeness (QED) is 0.789. The maximum absolute atomic E-state index is 12.6. The Hall–Kier alpha value is -1.46. The fourth-order valence-electron chi connectivity index (χ4n) is 2.44. The van der Waals surface area contributed by atoms with E-state index in [9.17, 15) is 23.2 Å². The highest BCUT2D eigenvalue weighted by atomic mass is 19.4. The van der Waals surface area contributed by atoms with E-state index in [1.165, 1.54) is 0 Å². The molecule has 1 aliphatic rings. The molecular weight excluding hydrogens is 247 g/mol. The Kier molecular flexibility index (Phi) is 3.36. The van der Waals surface area contributed by atoms with Gasteiger partial charge in [-0.1, -0.05) is 19.3 Å². The van der Waals surface area contributed by atoms with Gasteiger partial charge in [-0.15, -0.1) is 0 Å². The van der Waals surface area contributed by atoms with Gasteiger partial charge in [0.1, 0.15) is 0 Å². The molecule has 0 spiro atoms. The summed E-state index contributed by atoms with van der Waals surface area (Å²) in [4.78, 5) is 11.4. The molecule has 18 heavy (non-hydrogen) atoms. The van der Waals surface area contributed by atoms with Crippen LogP contribution in [0.15, 0.2) is 16.9 Å². The summed E-state index contributed by atoms with van der Waals surface area (Å²) in [6.45, 7) is 0. The van der Waals surface area contributed by atoms with E-state index in [-0.39, 0.29) is 11.6 Å². The van der Waals surface area contributed by atoms with Crippen molar-refractivity contribution < 1.29 is 18.4 Å². The van der Waals surface area contributed by atoms with Crippen LogP contribution in [-0.2, 0) is 6.18 Å². The normalized spacial score (nSPS) is 17.9. The van der Waals surface area contributed by atoms with Crippen molar-refractivity contribution in [1.29, 1.82) is 0 Å². The van der Waals surface area contributed by atoms with E-state index < -0.39 is 17.3 Å². The topological polar surface area (TPSA) is 42.2 Å². The molecule has 1 aliphatic carbocycles. The van der Waals surface area contributed by atoms with Crippen LogP contribution in [0, 0.1) is 0 Å². The van der Waals surface area contributed by atoms with Gasteiger partial charge in [0, 0.05) is 12.0 Å². The Labute approximate surface area is 102 Å². The van der Waals surface area contributed by atoms with E-state index in [1.54, 1.807) is 0 Å². The van der Waals surface area contributed by atoms with Crippen LogP contribution in [0.2, 0.25) is 0 Å². The number of rotatable bonds is 1. The summed E-state index contributed by atoms with van der Waals surface area (Å²) >= 11 is 0. The molecule has 0 atom stereocenters. The summed E-state index contributed by atoms with van der Waals surface area (Å²) in [7, 11) is 0. The molecule has 1 fully saturated rings. The number of nitrogens with zero attached hydrogens (tertiary/aromatic N) is 1. The van der Waals surface area contributed by atoms with Gasteiger partial charge < -0.3 is 5.21 Å². The van der Waals surface area contributed by atoms with Crippen LogP contribution in [0.1, 0.15) is 49.3 Å². The van der Waals surface area contributed by atoms with Gasteiger partial charge in [-0.05, 0) is 18.9 Å². The molecule has 2 rings (SSSR count).